The minimum atomic E-state index is -0.737. The lowest BCUT2D eigenvalue weighted by molar-refractivity contribution is -0.117. The van der Waals surface area contributed by atoms with Crippen LogP contribution in [0.1, 0.15) is 17.0 Å². The van der Waals surface area contributed by atoms with Crippen LogP contribution in [0.3, 0.4) is 0 Å². The van der Waals surface area contributed by atoms with Crippen LogP contribution in [-0.4, -0.2) is 17.4 Å². The summed E-state index contributed by atoms with van der Waals surface area (Å²) in [5.41, 5.74) is 7.48. The summed E-state index contributed by atoms with van der Waals surface area (Å²) in [7, 11) is 0. The summed E-state index contributed by atoms with van der Waals surface area (Å²) in [5, 5.41) is 4.77. The fourth-order valence-electron chi connectivity index (χ4n) is 2.68. The number of aryl methyl sites for hydroxylation is 1. The molecule has 122 valence electrons. The lowest BCUT2D eigenvalue weighted by Gasteiger charge is -2.16. The molecule has 3 N–H and O–H groups in total. The highest BCUT2D eigenvalue weighted by atomic mass is 19.1. The quantitative estimate of drug-likeness (QED) is 0.773. The van der Waals surface area contributed by atoms with Crippen molar-refractivity contribution in [1.82, 2.24) is 4.98 Å². The zero-order valence-electron chi connectivity index (χ0n) is 13.3. The second-order valence-electron chi connectivity index (χ2n) is 5.74. The maximum Gasteiger partial charge on any atom is 0.233 e. The predicted molar refractivity (Wildman–Crippen MR) is 93.3 cm³/mol. The average Bonchev–Trinajstić information content (AvgIpc) is 2.57. The van der Waals surface area contributed by atoms with E-state index in [0.717, 1.165) is 16.3 Å². The molecule has 0 aliphatic rings. The molecule has 3 aromatic rings. The molecule has 5 heteroatoms. The van der Waals surface area contributed by atoms with Crippen LogP contribution in [0.2, 0.25) is 0 Å². The number of anilines is 1. The number of hydrogen-bond donors (Lipinski definition) is 2. The summed E-state index contributed by atoms with van der Waals surface area (Å²) in [6.07, 6.45) is 3.45. The molecule has 0 spiro atoms. The standard InChI is InChI=1S/C19H18FN3O/c1-12-2-5-16(18(20)8-12)17(10-21)19(24)23-15-4-3-14-11-22-7-6-13(14)9-15/h2-9,11,17H,10,21H2,1H3,(H,23,24). The van der Waals surface area contributed by atoms with E-state index in [4.69, 9.17) is 5.73 Å². The molecule has 1 amide bonds. The SMILES string of the molecule is Cc1ccc(C(CN)C(=O)Nc2ccc3cnccc3c2)c(F)c1. The second-order valence-corrected chi connectivity index (χ2v) is 5.74. The number of halogens is 1. The Balaban J connectivity index is 1.85. The van der Waals surface area contributed by atoms with Crippen molar-refractivity contribution in [2.24, 2.45) is 5.73 Å². The summed E-state index contributed by atoms with van der Waals surface area (Å²) < 4.78 is 14.2. The molecule has 1 aromatic heterocycles. The van der Waals surface area contributed by atoms with Gasteiger partial charge in [0.15, 0.2) is 0 Å². The largest absolute Gasteiger partial charge is 0.329 e. The monoisotopic (exact) mass is 323 g/mol. The van der Waals surface area contributed by atoms with Crippen molar-refractivity contribution in [3.05, 3.63) is 71.8 Å². The first-order chi connectivity index (χ1) is 11.6. The Morgan fingerprint density at radius 3 is 2.79 bits per heavy atom. The van der Waals surface area contributed by atoms with Crippen LogP contribution < -0.4 is 11.1 Å². The molecule has 0 fully saturated rings. The lowest BCUT2D eigenvalue weighted by atomic mass is 9.96. The minimum absolute atomic E-state index is 0.0311. The number of fused-ring (bicyclic) bond motifs is 1. The summed E-state index contributed by atoms with van der Waals surface area (Å²) in [5.74, 6) is -1.47. The molecule has 2 aromatic carbocycles. The molecule has 0 radical (unpaired) electrons. The van der Waals surface area contributed by atoms with Gasteiger partial charge >= 0.3 is 0 Å². The fraction of sp³-hybridized carbons (Fsp3) is 0.158. The Kier molecular flexibility index (Phi) is 4.53. The van der Waals surface area contributed by atoms with Crippen LogP contribution in [0.5, 0.6) is 0 Å². The van der Waals surface area contributed by atoms with Gasteiger partial charge in [0, 0.05) is 35.6 Å². The van der Waals surface area contributed by atoms with Crippen molar-refractivity contribution in [3.63, 3.8) is 0 Å². The molecule has 1 heterocycles. The summed E-state index contributed by atoms with van der Waals surface area (Å²) in [6, 6.07) is 12.2. The van der Waals surface area contributed by atoms with Gasteiger partial charge in [0.25, 0.3) is 0 Å². The number of pyridine rings is 1. The summed E-state index contributed by atoms with van der Waals surface area (Å²) >= 11 is 0. The van der Waals surface area contributed by atoms with E-state index in [9.17, 15) is 9.18 Å². The average molecular weight is 323 g/mol. The van der Waals surface area contributed by atoms with E-state index in [1.165, 1.54) is 6.07 Å². The molecule has 0 saturated heterocycles. The van der Waals surface area contributed by atoms with Crippen LogP contribution in [0, 0.1) is 12.7 Å². The maximum atomic E-state index is 14.2. The predicted octanol–water partition coefficient (Wildman–Crippen LogP) is 3.36. The van der Waals surface area contributed by atoms with E-state index in [1.54, 1.807) is 37.5 Å². The van der Waals surface area contributed by atoms with Crippen molar-refractivity contribution in [3.8, 4) is 0 Å². The van der Waals surface area contributed by atoms with Gasteiger partial charge < -0.3 is 11.1 Å². The van der Waals surface area contributed by atoms with Crippen LogP contribution in [0.4, 0.5) is 10.1 Å². The van der Waals surface area contributed by atoms with E-state index in [2.05, 4.69) is 10.3 Å². The number of aromatic nitrogens is 1. The first-order valence-corrected chi connectivity index (χ1v) is 7.69. The van der Waals surface area contributed by atoms with Crippen LogP contribution in [0.25, 0.3) is 10.8 Å². The minimum Gasteiger partial charge on any atom is -0.329 e. The lowest BCUT2D eigenvalue weighted by Crippen LogP contribution is -2.28. The van der Waals surface area contributed by atoms with Crippen molar-refractivity contribution in [2.45, 2.75) is 12.8 Å². The van der Waals surface area contributed by atoms with Crippen molar-refractivity contribution < 1.29 is 9.18 Å². The smallest absolute Gasteiger partial charge is 0.233 e. The first-order valence-electron chi connectivity index (χ1n) is 7.69. The highest BCUT2D eigenvalue weighted by molar-refractivity contribution is 5.98. The Hall–Kier alpha value is -2.79. The van der Waals surface area contributed by atoms with Gasteiger partial charge in [-0.05, 0) is 42.1 Å². The molecular formula is C19H18FN3O. The van der Waals surface area contributed by atoms with E-state index in [-0.39, 0.29) is 12.5 Å². The van der Waals surface area contributed by atoms with Crippen LogP contribution in [0.15, 0.2) is 54.9 Å². The molecule has 1 unspecified atom stereocenters. The highest BCUT2D eigenvalue weighted by Gasteiger charge is 2.22. The molecule has 3 rings (SSSR count). The Bertz CT molecular complexity index is 895. The number of amides is 1. The Morgan fingerprint density at radius 1 is 1.21 bits per heavy atom. The molecule has 1 atom stereocenters. The molecule has 0 aliphatic heterocycles. The van der Waals surface area contributed by atoms with Crippen molar-refractivity contribution in [2.75, 3.05) is 11.9 Å². The Morgan fingerprint density at radius 2 is 2.04 bits per heavy atom. The molecule has 0 aliphatic carbocycles. The van der Waals surface area contributed by atoms with Gasteiger partial charge in [0.1, 0.15) is 5.82 Å². The topological polar surface area (TPSA) is 68.0 Å². The highest BCUT2D eigenvalue weighted by Crippen LogP contribution is 2.23. The molecule has 0 bridgehead atoms. The summed E-state index contributed by atoms with van der Waals surface area (Å²) in [4.78, 5) is 16.6. The molecule has 0 saturated carbocycles. The Labute approximate surface area is 139 Å². The number of hydrogen-bond acceptors (Lipinski definition) is 3. The van der Waals surface area contributed by atoms with Crippen LogP contribution in [-0.2, 0) is 4.79 Å². The molecular weight excluding hydrogens is 305 g/mol. The van der Waals surface area contributed by atoms with Crippen molar-refractivity contribution in [1.29, 1.82) is 0 Å². The van der Waals surface area contributed by atoms with Gasteiger partial charge in [-0.15, -0.1) is 0 Å². The zero-order chi connectivity index (χ0) is 17.1. The number of rotatable bonds is 4. The van der Waals surface area contributed by atoms with Crippen molar-refractivity contribution >= 4 is 22.4 Å². The third-order valence-corrected chi connectivity index (χ3v) is 3.99. The van der Waals surface area contributed by atoms with Crippen LogP contribution >= 0.6 is 0 Å². The van der Waals surface area contributed by atoms with Gasteiger partial charge in [-0.1, -0.05) is 18.2 Å². The number of carbonyl (C=O) groups is 1. The third-order valence-electron chi connectivity index (χ3n) is 3.99. The summed E-state index contributed by atoms with van der Waals surface area (Å²) in [6.45, 7) is 1.83. The number of carbonyl (C=O) groups excluding carboxylic acids is 1. The van der Waals surface area contributed by atoms with Gasteiger partial charge in [-0.25, -0.2) is 4.39 Å². The van der Waals surface area contributed by atoms with Gasteiger partial charge in [-0.3, -0.25) is 9.78 Å². The zero-order valence-corrected chi connectivity index (χ0v) is 13.3. The number of nitrogens with two attached hydrogens (primary N) is 1. The second kappa shape index (κ2) is 6.76. The third kappa shape index (κ3) is 3.26. The van der Waals surface area contributed by atoms with Gasteiger partial charge in [-0.2, -0.15) is 0 Å². The van der Waals surface area contributed by atoms with Gasteiger partial charge in [0.05, 0.1) is 5.92 Å². The van der Waals surface area contributed by atoms with Gasteiger partial charge in [0.2, 0.25) is 5.91 Å². The fourth-order valence-corrected chi connectivity index (χ4v) is 2.68. The normalized spacial score (nSPS) is 12.1. The number of nitrogens with one attached hydrogen (secondary N) is 1. The van der Waals surface area contributed by atoms with E-state index in [1.807, 2.05) is 18.2 Å². The van der Waals surface area contributed by atoms with E-state index in [0.29, 0.717) is 11.3 Å². The van der Waals surface area contributed by atoms with E-state index < -0.39 is 11.7 Å². The van der Waals surface area contributed by atoms with E-state index >= 15 is 0 Å². The number of nitrogens with zero attached hydrogens (tertiary/aromatic N) is 1. The first kappa shape index (κ1) is 16.1. The number of benzene rings is 2. The molecule has 24 heavy (non-hydrogen) atoms. The molecule has 4 nitrogen and oxygen atoms in total. The maximum absolute atomic E-state index is 14.2.